The van der Waals surface area contributed by atoms with Crippen molar-refractivity contribution < 1.29 is 4.92 Å². The molecule has 16 heavy (non-hydrogen) atoms. The lowest BCUT2D eigenvalue weighted by atomic mass is 10.2. The molecule has 0 unspecified atom stereocenters. The van der Waals surface area contributed by atoms with Gasteiger partial charge in [-0.3, -0.25) is 15.1 Å². The highest BCUT2D eigenvalue weighted by atomic mass is 16.6. The van der Waals surface area contributed by atoms with E-state index >= 15 is 0 Å². The van der Waals surface area contributed by atoms with E-state index < -0.39 is 4.92 Å². The molecule has 1 aromatic rings. The minimum absolute atomic E-state index is 0.0884. The Labute approximate surface area is 94.0 Å². The van der Waals surface area contributed by atoms with Crippen LogP contribution in [0, 0.1) is 10.1 Å². The van der Waals surface area contributed by atoms with E-state index in [2.05, 4.69) is 17.2 Å². The van der Waals surface area contributed by atoms with Gasteiger partial charge in [0.1, 0.15) is 11.4 Å². The molecule has 0 bridgehead atoms. The number of unbranched alkanes of at least 4 members (excludes halogenated alkanes) is 2. The van der Waals surface area contributed by atoms with Crippen LogP contribution in [-0.2, 0) is 0 Å². The average molecular weight is 224 g/mol. The largest absolute Gasteiger partial charge is 0.392 e. The van der Waals surface area contributed by atoms with Gasteiger partial charge < -0.3 is 11.1 Å². The number of nitrogen functional groups attached to an aromatic ring is 1. The zero-order valence-corrected chi connectivity index (χ0v) is 9.27. The Bertz CT molecular complexity index is 368. The maximum Gasteiger partial charge on any atom is 0.318 e. The molecule has 0 atom stereocenters. The number of pyridine rings is 1. The molecule has 0 saturated heterocycles. The number of anilines is 2. The normalized spacial score (nSPS) is 10.1. The Hall–Kier alpha value is -1.85. The molecule has 1 aromatic heterocycles. The second kappa shape index (κ2) is 5.89. The molecular formula is C10H16N4O2. The van der Waals surface area contributed by atoms with Crippen molar-refractivity contribution in [2.45, 2.75) is 26.2 Å². The third kappa shape index (κ3) is 3.08. The fraction of sp³-hybridized carbons (Fsp3) is 0.500. The number of nitrogens with zero attached hydrogens (tertiary/aromatic N) is 2. The Morgan fingerprint density at radius 3 is 2.88 bits per heavy atom. The molecule has 0 aliphatic rings. The van der Waals surface area contributed by atoms with E-state index in [0.29, 0.717) is 12.2 Å². The highest BCUT2D eigenvalue weighted by Crippen LogP contribution is 2.28. The van der Waals surface area contributed by atoms with Gasteiger partial charge in [-0.2, -0.15) is 0 Å². The van der Waals surface area contributed by atoms with E-state index in [1.165, 1.54) is 12.4 Å². The monoisotopic (exact) mass is 224 g/mol. The van der Waals surface area contributed by atoms with Crippen LogP contribution in [0.1, 0.15) is 26.2 Å². The van der Waals surface area contributed by atoms with Gasteiger partial charge in [-0.1, -0.05) is 19.8 Å². The van der Waals surface area contributed by atoms with E-state index in [1.807, 2.05) is 0 Å². The van der Waals surface area contributed by atoms with E-state index in [4.69, 9.17) is 5.73 Å². The molecule has 88 valence electrons. The van der Waals surface area contributed by atoms with E-state index in [0.717, 1.165) is 19.3 Å². The highest BCUT2D eigenvalue weighted by molar-refractivity contribution is 5.72. The van der Waals surface area contributed by atoms with Crippen molar-refractivity contribution in [3.05, 3.63) is 22.5 Å². The van der Waals surface area contributed by atoms with Crippen molar-refractivity contribution in [2.75, 3.05) is 17.6 Å². The zero-order valence-electron chi connectivity index (χ0n) is 9.27. The maximum atomic E-state index is 10.8. The summed E-state index contributed by atoms with van der Waals surface area (Å²) in [4.78, 5) is 14.1. The molecule has 6 nitrogen and oxygen atoms in total. The number of rotatable bonds is 6. The van der Waals surface area contributed by atoms with Crippen LogP contribution in [0.15, 0.2) is 12.4 Å². The van der Waals surface area contributed by atoms with Crippen molar-refractivity contribution in [1.82, 2.24) is 4.98 Å². The standard InChI is InChI=1S/C10H16N4O2/c1-2-3-4-5-13-9-7-12-6-8(11)10(9)14(15)16/h6-7,13H,2-5,11H2,1H3. The first-order chi connectivity index (χ1) is 7.66. The summed E-state index contributed by atoms with van der Waals surface area (Å²) in [5, 5.41) is 13.8. The quantitative estimate of drug-likeness (QED) is 0.438. The summed E-state index contributed by atoms with van der Waals surface area (Å²) in [6.07, 6.45) is 5.90. The zero-order chi connectivity index (χ0) is 12.0. The first-order valence-corrected chi connectivity index (χ1v) is 5.28. The Morgan fingerprint density at radius 1 is 1.50 bits per heavy atom. The number of aromatic nitrogens is 1. The van der Waals surface area contributed by atoms with Crippen LogP contribution in [0.5, 0.6) is 0 Å². The Kier molecular flexibility index (Phi) is 4.50. The van der Waals surface area contributed by atoms with Gasteiger partial charge in [0.05, 0.1) is 17.3 Å². The van der Waals surface area contributed by atoms with Gasteiger partial charge in [-0.15, -0.1) is 0 Å². The van der Waals surface area contributed by atoms with Crippen molar-refractivity contribution in [3.8, 4) is 0 Å². The minimum Gasteiger partial charge on any atom is -0.392 e. The van der Waals surface area contributed by atoms with Crippen molar-refractivity contribution in [1.29, 1.82) is 0 Å². The minimum atomic E-state index is -0.487. The van der Waals surface area contributed by atoms with Crippen molar-refractivity contribution >= 4 is 17.1 Å². The summed E-state index contributed by atoms with van der Waals surface area (Å²) in [5.41, 5.74) is 5.90. The molecule has 6 heteroatoms. The number of hydrogen-bond acceptors (Lipinski definition) is 5. The number of hydrogen-bond donors (Lipinski definition) is 2. The first kappa shape index (κ1) is 12.2. The number of nitrogens with two attached hydrogens (primary N) is 1. The van der Waals surface area contributed by atoms with Gasteiger partial charge in [-0.25, -0.2) is 0 Å². The number of nitrogens with one attached hydrogen (secondary N) is 1. The highest BCUT2D eigenvalue weighted by Gasteiger charge is 2.17. The van der Waals surface area contributed by atoms with E-state index in [-0.39, 0.29) is 11.4 Å². The predicted octanol–water partition coefficient (Wildman–Crippen LogP) is 2.17. The molecule has 1 rings (SSSR count). The Morgan fingerprint density at radius 2 is 2.25 bits per heavy atom. The summed E-state index contributed by atoms with van der Waals surface area (Å²) in [7, 11) is 0. The molecule has 0 aromatic carbocycles. The molecule has 0 aliphatic carbocycles. The summed E-state index contributed by atoms with van der Waals surface area (Å²) < 4.78 is 0. The summed E-state index contributed by atoms with van der Waals surface area (Å²) in [6.45, 7) is 2.80. The van der Waals surface area contributed by atoms with Crippen LogP contribution in [0.25, 0.3) is 0 Å². The molecule has 0 fully saturated rings. The lowest BCUT2D eigenvalue weighted by molar-refractivity contribution is -0.383. The van der Waals surface area contributed by atoms with Crippen molar-refractivity contribution in [2.24, 2.45) is 0 Å². The summed E-state index contributed by atoms with van der Waals surface area (Å²) >= 11 is 0. The Balaban J connectivity index is 2.71. The molecule has 0 aliphatic heterocycles. The summed E-state index contributed by atoms with van der Waals surface area (Å²) in [6, 6.07) is 0. The number of nitro groups is 1. The lowest BCUT2D eigenvalue weighted by Crippen LogP contribution is -2.06. The van der Waals surface area contributed by atoms with Gasteiger partial charge in [0, 0.05) is 6.54 Å². The molecule has 0 saturated carbocycles. The van der Waals surface area contributed by atoms with Gasteiger partial charge in [-0.05, 0) is 6.42 Å². The van der Waals surface area contributed by atoms with Crippen LogP contribution >= 0.6 is 0 Å². The molecule has 1 heterocycles. The van der Waals surface area contributed by atoms with Crippen LogP contribution in [0.4, 0.5) is 17.1 Å². The second-order valence-electron chi connectivity index (χ2n) is 3.52. The first-order valence-electron chi connectivity index (χ1n) is 5.28. The van der Waals surface area contributed by atoms with Gasteiger partial charge in [0.25, 0.3) is 0 Å². The molecule has 0 amide bonds. The molecule has 3 N–H and O–H groups in total. The van der Waals surface area contributed by atoms with Crippen molar-refractivity contribution in [3.63, 3.8) is 0 Å². The lowest BCUT2D eigenvalue weighted by Gasteiger charge is -2.07. The fourth-order valence-corrected chi connectivity index (χ4v) is 1.40. The SMILES string of the molecule is CCCCCNc1cncc(N)c1[N+](=O)[O-]. The van der Waals surface area contributed by atoms with Crippen LogP contribution in [0.2, 0.25) is 0 Å². The van der Waals surface area contributed by atoms with E-state index in [9.17, 15) is 10.1 Å². The van der Waals surface area contributed by atoms with Crippen LogP contribution in [0.3, 0.4) is 0 Å². The topological polar surface area (TPSA) is 94.1 Å². The fourth-order valence-electron chi connectivity index (χ4n) is 1.40. The molecule has 0 spiro atoms. The summed E-state index contributed by atoms with van der Waals surface area (Å²) in [5.74, 6) is 0. The van der Waals surface area contributed by atoms with Crippen LogP contribution < -0.4 is 11.1 Å². The smallest absolute Gasteiger partial charge is 0.318 e. The van der Waals surface area contributed by atoms with Crippen LogP contribution in [-0.4, -0.2) is 16.5 Å². The van der Waals surface area contributed by atoms with Gasteiger partial charge >= 0.3 is 5.69 Å². The average Bonchev–Trinajstić information content (AvgIpc) is 2.24. The van der Waals surface area contributed by atoms with Gasteiger partial charge in [0.2, 0.25) is 0 Å². The predicted molar refractivity (Wildman–Crippen MR) is 63.3 cm³/mol. The third-order valence-electron chi connectivity index (χ3n) is 2.22. The third-order valence-corrected chi connectivity index (χ3v) is 2.22. The molecule has 0 radical (unpaired) electrons. The van der Waals surface area contributed by atoms with Gasteiger partial charge in [0.15, 0.2) is 0 Å². The second-order valence-corrected chi connectivity index (χ2v) is 3.52. The maximum absolute atomic E-state index is 10.8. The van der Waals surface area contributed by atoms with E-state index in [1.54, 1.807) is 0 Å². The molecular weight excluding hydrogens is 208 g/mol.